The normalized spacial score (nSPS) is 13.7. The molecule has 0 aliphatic carbocycles. The highest BCUT2D eigenvalue weighted by Crippen LogP contribution is 2.36. The first kappa shape index (κ1) is 24.7. The largest absolute Gasteiger partial charge is 0.496 e. The Balaban J connectivity index is 1.83. The van der Waals surface area contributed by atoms with E-state index in [0.717, 1.165) is 26.7 Å². The van der Waals surface area contributed by atoms with Crippen LogP contribution in [-0.2, 0) is 14.8 Å². The van der Waals surface area contributed by atoms with Gasteiger partial charge in [0.15, 0.2) is 11.5 Å². The molecule has 1 N–H and O–H groups in total. The van der Waals surface area contributed by atoms with E-state index in [-0.39, 0.29) is 31.1 Å². The molecule has 0 spiro atoms. The molecule has 2 aromatic carbocycles. The van der Waals surface area contributed by atoms with Gasteiger partial charge in [0.1, 0.15) is 12.3 Å². The maximum Gasteiger partial charge on any atom is 0.241 e. The number of hydrogen-bond donors (Lipinski definition) is 1. The highest BCUT2D eigenvalue weighted by Gasteiger charge is 2.27. The molecule has 0 radical (unpaired) electrons. The van der Waals surface area contributed by atoms with Gasteiger partial charge in [0, 0.05) is 6.07 Å². The number of nitrogens with one attached hydrogen (secondary N) is 1. The van der Waals surface area contributed by atoms with Crippen LogP contribution in [0.3, 0.4) is 0 Å². The average molecular weight is 477 g/mol. The highest BCUT2D eigenvalue weighted by atomic mass is 32.2. The molecule has 0 aromatic heterocycles. The standard InChI is InChI=1S/C24H32N2O6S/c1-7-33(28,29)26(18-8-9-21-23(11-18)32-14-31-21)13-24(27)25-17(5)20-12-19(15(2)3)22(30-6)10-16(20)4/h8-12,15,17H,7,13-14H2,1-6H3,(H,25,27)/t17-/m1/s1. The summed E-state index contributed by atoms with van der Waals surface area (Å²) < 4.78 is 42.9. The number of rotatable bonds is 9. The smallest absolute Gasteiger partial charge is 0.241 e. The summed E-state index contributed by atoms with van der Waals surface area (Å²) in [5.41, 5.74) is 3.35. The van der Waals surface area contributed by atoms with E-state index in [4.69, 9.17) is 14.2 Å². The van der Waals surface area contributed by atoms with Crippen molar-refractivity contribution in [1.82, 2.24) is 5.32 Å². The van der Waals surface area contributed by atoms with Crippen LogP contribution in [0.1, 0.15) is 56.3 Å². The number of ether oxygens (including phenoxy) is 3. The topological polar surface area (TPSA) is 94.2 Å². The fourth-order valence-corrected chi connectivity index (χ4v) is 4.91. The van der Waals surface area contributed by atoms with Crippen LogP contribution in [0.4, 0.5) is 5.69 Å². The fraction of sp³-hybridized carbons (Fsp3) is 0.458. The number of carbonyl (C=O) groups excluding carboxylic acids is 1. The van der Waals surface area contributed by atoms with Crippen molar-refractivity contribution >= 4 is 21.6 Å². The van der Waals surface area contributed by atoms with Gasteiger partial charge in [-0.25, -0.2) is 8.42 Å². The molecule has 33 heavy (non-hydrogen) atoms. The van der Waals surface area contributed by atoms with Crippen molar-refractivity contribution < 1.29 is 27.4 Å². The Labute approximate surface area is 195 Å². The van der Waals surface area contributed by atoms with E-state index >= 15 is 0 Å². The Kier molecular flexibility index (Phi) is 7.41. The summed E-state index contributed by atoms with van der Waals surface area (Å²) in [4.78, 5) is 13.0. The number of anilines is 1. The maximum absolute atomic E-state index is 13.0. The highest BCUT2D eigenvalue weighted by molar-refractivity contribution is 7.92. The van der Waals surface area contributed by atoms with E-state index < -0.39 is 15.9 Å². The van der Waals surface area contributed by atoms with Crippen LogP contribution in [0.5, 0.6) is 17.2 Å². The molecule has 3 rings (SSSR count). The van der Waals surface area contributed by atoms with E-state index in [9.17, 15) is 13.2 Å². The van der Waals surface area contributed by atoms with Gasteiger partial charge in [0.2, 0.25) is 22.7 Å². The number of sulfonamides is 1. The molecule has 2 aromatic rings. The Bertz CT molecular complexity index is 1130. The van der Waals surface area contributed by atoms with Gasteiger partial charge in [-0.3, -0.25) is 9.10 Å². The van der Waals surface area contributed by atoms with Crippen LogP contribution < -0.4 is 23.8 Å². The molecule has 0 saturated carbocycles. The number of carbonyl (C=O) groups is 1. The zero-order valence-corrected chi connectivity index (χ0v) is 20.8. The summed E-state index contributed by atoms with van der Waals surface area (Å²) in [5, 5.41) is 2.95. The van der Waals surface area contributed by atoms with Gasteiger partial charge in [0.05, 0.1) is 24.6 Å². The van der Waals surface area contributed by atoms with Crippen molar-refractivity contribution in [2.45, 2.75) is 46.6 Å². The number of fused-ring (bicyclic) bond motifs is 1. The monoisotopic (exact) mass is 476 g/mol. The number of hydrogen-bond acceptors (Lipinski definition) is 6. The molecule has 0 bridgehead atoms. The Morgan fingerprint density at radius 3 is 2.45 bits per heavy atom. The van der Waals surface area contributed by atoms with Crippen molar-refractivity contribution in [3.05, 3.63) is 47.0 Å². The molecular weight excluding hydrogens is 444 g/mol. The zero-order chi connectivity index (χ0) is 24.3. The number of amides is 1. The Hall–Kier alpha value is -2.94. The van der Waals surface area contributed by atoms with Crippen LogP contribution in [-0.4, -0.2) is 40.5 Å². The second-order valence-corrected chi connectivity index (χ2v) is 10.5. The number of aryl methyl sites for hydroxylation is 1. The minimum atomic E-state index is -3.70. The summed E-state index contributed by atoms with van der Waals surface area (Å²) in [5.74, 6) is 1.51. The minimum absolute atomic E-state index is 0.0803. The second kappa shape index (κ2) is 9.91. The molecule has 0 fully saturated rings. The summed E-state index contributed by atoms with van der Waals surface area (Å²) in [7, 11) is -2.06. The first-order chi connectivity index (χ1) is 15.6. The van der Waals surface area contributed by atoms with Gasteiger partial charge in [-0.2, -0.15) is 0 Å². The molecular formula is C24H32N2O6S. The lowest BCUT2D eigenvalue weighted by molar-refractivity contribution is -0.120. The van der Waals surface area contributed by atoms with Gasteiger partial charge in [-0.1, -0.05) is 13.8 Å². The van der Waals surface area contributed by atoms with Crippen LogP contribution in [0.2, 0.25) is 0 Å². The molecule has 1 amide bonds. The van der Waals surface area contributed by atoms with Gasteiger partial charge in [0.25, 0.3) is 0 Å². The van der Waals surface area contributed by atoms with Gasteiger partial charge < -0.3 is 19.5 Å². The van der Waals surface area contributed by atoms with Crippen molar-refractivity contribution in [2.24, 2.45) is 0 Å². The molecule has 1 aliphatic rings. The molecule has 0 saturated heterocycles. The van der Waals surface area contributed by atoms with Crippen LogP contribution >= 0.6 is 0 Å². The molecule has 0 unspecified atom stereocenters. The summed E-state index contributed by atoms with van der Waals surface area (Å²) in [6.07, 6.45) is 0. The summed E-state index contributed by atoms with van der Waals surface area (Å²) in [6, 6.07) is 8.53. The predicted octanol–water partition coefficient (Wildman–Crippen LogP) is 3.89. The second-order valence-electron chi connectivity index (χ2n) is 8.34. The summed E-state index contributed by atoms with van der Waals surface area (Å²) >= 11 is 0. The third kappa shape index (κ3) is 5.35. The van der Waals surface area contributed by atoms with Crippen LogP contribution in [0.25, 0.3) is 0 Å². The van der Waals surface area contributed by atoms with Crippen molar-refractivity contribution in [3.63, 3.8) is 0 Å². The predicted molar refractivity (Wildman–Crippen MR) is 128 cm³/mol. The SMILES string of the molecule is CCS(=O)(=O)N(CC(=O)N[C@H](C)c1cc(C(C)C)c(OC)cc1C)c1ccc2c(c1)OCO2. The molecule has 1 heterocycles. The first-order valence-electron chi connectivity index (χ1n) is 10.9. The quantitative estimate of drug-likeness (QED) is 0.590. The lowest BCUT2D eigenvalue weighted by atomic mass is 9.93. The molecule has 1 atom stereocenters. The van der Waals surface area contributed by atoms with Crippen LogP contribution in [0.15, 0.2) is 30.3 Å². The Morgan fingerprint density at radius 1 is 1.12 bits per heavy atom. The number of nitrogens with zero attached hydrogens (tertiary/aromatic N) is 1. The van der Waals surface area contributed by atoms with Gasteiger partial charge >= 0.3 is 0 Å². The molecule has 9 heteroatoms. The average Bonchev–Trinajstić information content (AvgIpc) is 3.24. The van der Waals surface area contributed by atoms with E-state index in [1.807, 2.05) is 26.0 Å². The molecule has 8 nitrogen and oxygen atoms in total. The number of methoxy groups -OCH3 is 1. The minimum Gasteiger partial charge on any atom is -0.496 e. The fourth-order valence-electron chi connectivity index (χ4n) is 3.85. The molecule has 180 valence electrons. The third-order valence-electron chi connectivity index (χ3n) is 5.72. The number of benzene rings is 2. The molecule has 1 aliphatic heterocycles. The van der Waals surface area contributed by atoms with Crippen molar-refractivity contribution in [3.8, 4) is 17.2 Å². The van der Waals surface area contributed by atoms with Gasteiger partial charge in [-0.15, -0.1) is 0 Å². The van der Waals surface area contributed by atoms with E-state index in [2.05, 4.69) is 19.2 Å². The Morgan fingerprint density at radius 2 is 1.82 bits per heavy atom. The van der Waals surface area contributed by atoms with E-state index in [0.29, 0.717) is 17.2 Å². The van der Waals surface area contributed by atoms with Gasteiger partial charge in [-0.05, 0) is 67.6 Å². The maximum atomic E-state index is 13.0. The lowest BCUT2D eigenvalue weighted by Gasteiger charge is -2.25. The van der Waals surface area contributed by atoms with E-state index in [1.165, 1.54) is 0 Å². The van der Waals surface area contributed by atoms with E-state index in [1.54, 1.807) is 32.2 Å². The zero-order valence-electron chi connectivity index (χ0n) is 20.0. The third-order valence-corrected chi connectivity index (χ3v) is 7.46. The van der Waals surface area contributed by atoms with Crippen molar-refractivity contribution in [2.75, 3.05) is 30.5 Å². The van der Waals surface area contributed by atoms with Crippen LogP contribution in [0, 0.1) is 6.92 Å². The first-order valence-corrected chi connectivity index (χ1v) is 12.6. The summed E-state index contributed by atoms with van der Waals surface area (Å²) in [6.45, 7) is 9.30. The van der Waals surface area contributed by atoms with Crippen molar-refractivity contribution in [1.29, 1.82) is 0 Å². The lowest BCUT2D eigenvalue weighted by Crippen LogP contribution is -2.42.